The molecular formula is C17H13NO3. The largest absolute Gasteiger partial charge is 0.486 e. The Morgan fingerprint density at radius 2 is 1.86 bits per heavy atom. The Morgan fingerprint density at radius 1 is 1.05 bits per heavy atom. The topological polar surface area (TPSA) is 59.4 Å². The SMILES string of the molecule is O=C(O)c1c(OCc2ccccn2)ccc2ccccc12. The van der Waals surface area contributed by atoms with Crippen LogP contribution < -0.4 is 4.74 Å². The molecule has 1 N–H and O–H groups in total. The van der Waals surface area contributed by atoms with E-state index in [0.29, 0.717) is 11.1 Å². The smallest absolute Gasteiger partial charge is 0.340 e. The number of aromatic carboxylic acids is 1. The van der Waals surface area contributed by atoms with Crippen molar-refractivity contribution in [2.75, 3.05) is 0 Å². The number of ether oxygens (including phenoxy) is 1. The normalized spacial score (nSPS) is 10.5. The molecule has 104 valence electrons. The van der Waals surface area contributed by atoms with E-state index in [1.54, 1.807) is 18.3 Å². The molecule has 2 aromatic carbocycles. The summed E-state index contributed by atoms with van der Waals surface area (Å²) in [6, 6.07) is 16.4. The van der Waals surface area contributed by atoms with Gasteiger partial charge < -0.3 is 9.84 Å². The molecule has 0 amide bonds. The quantitative estimate of drug-likeness (QED) is 0.794. The first-order valence-electron chi connectivity index (χ1n) is 6.53. The molecule has 0 aliphatic carbocycles. The van der Waals surface area contributed by atoms with Gasteiger partial charge in [0, 0.05) is 6.20 Å². The summed E-state index contributed by atoms with van der Waals surface area (Å²) in [4.78, 5) is 15.7. The van der Waals surface area contributed by atoms with Crippen LogP contribution in [0.1, 0.15) is 16.1 Å². The van der Waals surface area contributed by atoms with E-state index in [1.165, 1.54) is 0 Å². The van der Waals surface area contributed by atoms with Crippen LogP contribution >= 0.6 is 0 Å². The average molecular weight is 279 g/mol. The van der Waals surface area contributed by atoms with Crippen molar-refractivity contribution >= 4 is 16.7 Å². The van der Waals surface area contributed by atoms with Gasteiger partial charge in [0.25, 0.3) is 0 Å². The van der Waals surface area contributed by atoms with Crippen LogP contribution in [0.15, 0.2) is 60.8 Å². The van der Waals surface area contributed by atoms with Crippen molar-refractivity contribution in [1.29, 1.82) is 0 Å². The molecule has 0 saturated heterocycles. The number of pyridine rings is 1. The highest BCUT2D eigenvalue weighted by atomic mass is 16.5. The zero-order valence-electron chi connectivity index (χ0n) is 11.2. The summed E-state index contributed by atoms with van der Waals surface area (Å²) in [6.45, 7) is 0.236. The minimum Gasteiger partial charge on any atom is -0.486 e. The van der Waals surface area contributed by atoms with Gasteiger partial charge in [-0.15, -0.1) is 0 Å². The second-order valence-electron chi connectivity index (χ2n) is 4.57. The maximum Gasteiger partial charge on any atom is 0.340 e. The van der Waals surface area contributed by atoms with Crippen LogP contribution in [0.5, 0.6) is 5.75 Å². The van der Waals surface area contributed by atoms with E-state index in [2.05, 4.69) is 4.98 Å². The van der Waals surface area contributed by atoms with Crippen LogP contribution in [0.4, 0.5) is 0 Å². The summed E-state index contributed by atoms with van der Waals surface area (Å²) < 4.78 is 5.65. The summed E-state index contributed by atoms with van der Waals surface area (Å²) in [5.41, 5.74) is 0.936. The molecule has 0 radical (unpaired) electrons. The van der Waals surface area contributed by atoms with Crippen molar-refractivity contribution in [3.63, 3.8) is 0 Å². The van der Waals surface area contributed by atoms with Gasteiger partial charge in [-0.2, -0.15) is 0 Å². The van der Waals surface area contributed by atoms with Gasteiger partial charge in [-0.05, 0) is 29.0 Å². The lowest BCUT2D eigenvalue weighted by Gasteiger charge is -2.11. The van der Waals surface area contributed by atoms with Crippen molar-refractivity contribution in [1.82, 2.24) is 4.98 Å². The first kappa shape index (κ1) is 13.1. The monoisotopic (exact) mass is 279 g/mol. The van der Waals surface area contributed by atoms with Crippen LogP contribution in [0.25, 0.3) is 10.8 Å². The molecule has 0 aliphatic rings. The van der Waals surface area contributed by atoms with Crippen molar-refractivity contribution < 1.29 is 14.6 Å². The summed E-state index contributed by atoms with van der Waals surface area (Å²) in [5, 5.41) is 11.0. The first-order valence-corrected chi connectivity index (χ1v) is 6.53. The number of fused-ring (bicyclic) bond motifs is 1. The number of benzene rings is 2. The fourth-order valence-electron chi connectivity index (χ4n) is 2.23. The maximum absolute atomic E-state index is 11.6. The summed E-state index contributed by atoms with van der Waals surface area (Å²) in [7, 11) is 0. The predicted octanol–water partition coefficient (Wildman–Crippen LogP) is 3.51. The fraction of sp³-hybridized carbons (Fsp3) is 0.0588. The van der Waals surface area contributed by atoms with Crippen molar-refractivity contribution in [2.45, 2.75) is 6.61 Å². The van der Waals surface area contributed by atoms with Gasteiger partial charge in [0.05, 0.1) is 5.69 Å². The highest BCUT2D eigenvalue weighted by Crippen LogP contribution is 2.28. The summed E-state index contributed by atoms with van der Waals surface area (Å²) in [6.07, 6.45) is 1.68. The molecule has 4 heteroatoms. The lowest BCUT2D eigenvalue weighted by atomic mass is 10.0. The highest BCUT2D eigenvalue weighted by molar-refractivity contribution is 6.06. The van der Waals surface area contributed by atoms with Crippen LogP contribution in [-0.4, -0.2) is 16.1 Å². The molecule has 1 heterocycles. The number of carbonyl (C=O) groups is 1. The van der Waals surface area contributed by atoms with Crippen molar-refractivity contribution in [3.05, 3.63) is 72.1 Å². The van der Waals surface area contributed by atoms with E-state index < -0.39 is 5.97 Å². The minimum atomic E-state index is -0.997. The van der Waals surface area contributed by atoms with E-state index >= 15 is 0 Å². The molecule has 1 aromatic heterocycles. The Labute approximate surface area is 121 Å². The van der Waals surface area contributed by atoms with Gasteiger partial charge in [0.2, 0.25) is 0 Å². The highest BCUT2D eigenvalue weighted by Gasteiger charge is 2.15. The Kier molecular flexibility index (Phi) is 3.51. The number of nitrogens with zero attached hydrogens (tertiary/aromatic N) is 1. The van der Waals surface area contributed by atoms with Gasteiger partial charge in [-0.3, -0.25) is 4.98 Å². The zero-order chi connectivity index (χ0) is 14.7. The van der Waals surface area contributed by atoms with E-state index in [4.69, 9.17) is 4.74 Å². The third-order valence-corrected chi connectivity index (χ3v) is 3.21. The van der Waals surface area contributed by atoms with E-state index in [9.17, 15) is 9.90 Å². The molecule has 0 aliphatic heterocycles. The van der Waals surface area contributed by atoms with E-state index in [1.807, 2.05) is 42.5 Å². The molecule has 3 aromatic rings. The van der Waals surface area contributed by atoms with Crippen molar-refractivity contribution in [3.8, 4) is 5.75 Å². The van der Waals surface area contributed by atoms with Crippen LogP contribution in [0.3, 0.4) is 0 Å². The molecule has 0 atom stereocenters. The molecule has 0 unspecified atom stereocenters. The molecule has 0 fully saturated rings. The van der Waals surface area contributed by atoms with Gasteiger partial charge >= 0.3 is 5.97 Å². The van der Waals surface area contributed by atoms with Gasteiger partial charge in [0.1, 0.15) is 17.9 Å². The molecule has 0 bridgehead atoms. The van der Waals surface area contributed by atoms with E-state index in [-0.39, 0.29) is 12.2 Å². The molecule has 21 heavy (non-hydrogen) atoms. The minimum absolute atomic E-state index is 0.184. The number of hydrogen-bond acceptors (Lipinski definition) is 3. The van der Waals surface area contributed by atoms with Gasteiger partial charge in [0.15, 0.2) is 0 Å². The first-order chi connectivity index (χ1) is 10.3. The fourth-order valence-corrected chi connectivity index (χ4v) is 2.23. The molecule has 0 saturated carbocycles. The third kappa shape index (κ3) is 2.69. The third-order valence-electron chi connectivity index (χ3n) is 3.21. The van der Waals surface area contributed by atoms with Crippen molar-refractivity contribution in [2.24, 2.45) is 0 Å². The van der Waals surface area contributed by atoms with Crippen LogP contribution in [0.2, 0.25) is 0 Å². The second kappa shape index (κ2) is 5.63. The number of carboxylic acid groups (broad SMARTS) is 1. The van der Waals surface area contributed by atoms with Crippen LogP contribution in [0, 0.1) is 0 Å². The second-order valence-corrected chi connectivity index (χ2v) is 4.57. The molecular weight excluding hydrogens is 266 g/mol. The van der Waals surface area contributed by atoms with E-state index in [0.717, 1.165) is 11.1 Å². The predicted molar refractivity (Wildman–Crippen MR) is 79.5 cm³/mol. The van der Waals surface area contributed by atoms with Gasteiger partial charge in [-0.1, -0.05) is 36.4 Å². The Bertz CT molecular complexity index is 784. The molecule has 4 nitrogen and oxygen atoms in total. The standard InChI is InChI=1S/C17H13NO3/c19-17(20)16-14-7-2-1-5-12(14)8-9-15(16)21-11-13-6-3-4-10-18-13/h1-10H,11H2,(H,19,20). The zero-order valence-corrected chi connectivity index (χ0v) is 11.2. The molecule has 0 spiro atoms. The number of carboxylic acids is 1. The number of hydrogen-bond donors (Lipinski definition) is 1. The van der Waals surface area contributed by atoms with Gasteiger partial charge in [-0.25, -0.2) is 4.79 Å². The Balaban J connectivity index is 1.98. The lowest BCUT2D eigenvalue weighted by molar-refractivity contribution is 0.0694. The molecule has 3 rings (SSSR count). The maximum atomic E-state index is 11.6. The Hall–Kier alpha value is -2.88. The average Bonchev–Trinajstić information content (AvgIpc) is 2.53. The summed E-state index contributed by atoms with van der Waals surface area (Å²) in [5.74, 6) is -0.644. The number of rotatable bonds is 4. The van der Waals surface area contributed by atoms with Crippen LogP contribution in [-0.2, 0) is 6.61 Å². The number of aromatic nitrogens is 1. The Morgan fingerprint density at radius 3 is 2.62 bits per heavy atom. The lowest BCUT2D eigenvalue weighted by Crippen LogP contribution is -2.05. The summed E-state index contributed by atoms with van der Waals surface area (Å²) >= 11 is 0.